The molecule has 2 heterocycles. The highest BCUT2D eigenvalue weighted by Gasteiger charge is 2.34. The lowest BCUT2D eigenvalue weighted by Gasteiger charge is -2.08. The highest BCUT2D eigenvalue weighted by molar-refractivity contribution is 5.65. The van der Waals surface area contributed by atoms with E-state index in [2.05, 4.69) is 25.1 Å². The maximum atomic E-state index is 12.4. The minimum Gasteiger partial charge on any atom is -0.440 e. The Morgan fingerprint density at radius 1 is 1.20 bits per heavy atom. The van der Waals surface area contributed by atoms with E-state index in [1.165, 1.54) is 18.2 Å². The van der Waals surface area contributed by atoms with E-state index in [0.29, 0.717) is 28.4 Å². The molecule has 0 radical (unpaired) electrons. The minimum absolute atomic E-state index is 0.229. The Labute approximate surface area is 140 Å². The number of ether oxygens (including phenoxy) is 1. The van der Waals surface area contributed by atoms with Crippen molar-refractivity contribution in [3.05, 3.63) is 35.7 Å². The van der Waals surface area contributed by atoms with E-state index in [1.807, 2.05) is 0 Å². The number of benzene rings is 1. The molecule has 130 valence electrons. The van der Waals surface area contributed by atoms with E-state index >= 15 is 0 Å². The molecule has 1 saturated carbocycles. The standard InChI is InChI=1S/C16H13F3N4O2/c1-8-12(22-23-21-8)13-14(9-5-6-9)24-15(20-13)10-3-2-4-11(7-10)25-16(17,18)19/h2-4,7,9H,5-6H2,1H3,(H,21,22,23). The Morgan fingerprint density at radius 2 is 2.00 bits per heavy atom. The van der Waals surface area contributed by atoms with Crippen molar-refractivity contribution in [1.29, 1.82) is 0 Å². The topological polar surface area (TPSA) is 76.8 Å². The van der Waals surface area contributed by atoms with Gasteiger partial charge in [0.25, 0.3) is 0 Å². The lowest BCUT2D eigenvalue weighted by molar-refractivity contribution is -0.274. The van der Waals surface area contributed by atoms with Crippen LogP contribution in [0.5, 0.6) is 5.75 Å². The van der Waals surface area contributed by atoms with Gasteiger partial charge in [-0.2, -0.15) is 15.4 Å². The number of alkyl halides is 3. The van der Waals surface area contributed by atoms with E-state index in [4.69, 9.17) is 4.42 Å². The fraction of sp³-hybridized carbons (Fsp3) is 0.312. The van der Waals surface area contributed by atoms with Gasteiger partial charge in [-0.25, -0.2) is 4.98 Å². The molecule has 0 amide bonds. The summed E-state index contributed by atoms with van der Waals surface area (Å²) >= 11 is 0. The van der Waals surface area contributed by atoms with Crippen LogP contribution in [0, 0.1) is 6.92 Å². The maximum absolute atomic E-state index is 12.4. The number of rotatable bonds is 4. The van der Waals surface area contributed by atoms with E-state index in [1.54, 1.807) is 13.0 Å². The van der Waals surface area contributed by atoms with Gasteiger partial charge in [-0.3, -0.25) is 0 Å². The van der Waals surface area contributed by atoms with Crippen LogP contribution >= 0.6 is 0 Å². The number of hydrogen-bond donors (Lipinski definition) is 1. The Morgan fingerprint density at radius 3 is 2.64 bits per heavy atom. The van der Waals surface area contributed by atoms with Crippen molar-refractivity contribution in [2.45, 2.75) is 32.0 Å². The Balaban J connectivity index is 1.74. The third kappa shape index (κ3) is 3.21. The largest absolute Gasteiger partial charge is 0.573 e. The Hall–Kier alpha value is -2.84. The van der Waals surface area contributed by atoms with Crippen molar-refractivity contribution < 1.29 is 22.3 Å². The summed E-state index contributed by atoms with van der Waals surface area (Å²) in [6.07, 6.45) is -2.79. The lowest BCUT2D eigenvalue weighted by atomic mass is 10.2. The van der Waals surface area contributed by atoms with Gasteiger partial charge in [-0.05, 0) is 38.0 Å². The molecule has 0 saturated heterocycles. The first kappa shape index (κ1) is 15.7. The summed E-state index contributed by atoms with van der Waals surface area (Å²) in [5, 5.41) is 10.6. The molecule has 9 heteroatoms. The van der Waals surface area contributed by atoms with Crippen LogP contribution in [0.2, 0.25) is 0 Å². The van der Waals surface area contributed by atoms with Crippen LogP contribution in [0.4, 0.5) is 13.2 Å². The number of aromatic nitrogens is 4. The van der Waals surface area contributed by atoms with Crippen molar-refractivity contribution >= 4 is 0 Å². The summed E-state index contributed by atoms with van der Waals surface area (Å²) in [4.78, 5) is 4.46. The molecule has 0 spiro atoms. The van der Waals surface area contributed by atoms with Crippen LogP contribution in [0.15, 0.2) is 28.7 Å². The fourth-order valence-electron chi connectivity index (χ4n) is 2.58. The highest BCUT2D eigenvalue weighted by atomic mass is 19.4. The van der Waals surface area contributed by atoms with Crippen molar-refractivity contribution in [3.63, 3.8) is 0 Å². The first-order chi connectivity index (χ1) is 11.9. The predicted molar refractivity (Wildman–Crippen MR) is 80.7 cm³/mol. The smallest absolute Gasteiger partial charge is 0.440 e. The van der Waals surface area contributed by atoms with Gasteiger partial charge < -0.3 is 9.15 Å². The SMILES string of the molecule is Cc1n[nH]nc1-c1nc(-c2cccc(OC(F)(F)F)c2)oc1C1CC1. The van der Waals surface area contributed by atoms with Crippen molar-refractivity contribution in [1.82, 2.24) is 20.4 Å². The zero-order valence-corrected chi connectivity index (χ0v) is 13.1. The van der Waals surface area contributed by atoms with Gasteiger partial charge in [0.05, 0.1) is 5.69 Å². The summed E-state index contributed by atoms with van der Waals surface area (Å²) < 4.78 is 47.0. The van der Waals surface area contributed by atoms with Gasteiger partial charge >= 0.3 is 6.36 Å². The van der Waals surface area contributed by atoms with E-state index < -0.39 is 6.36 Å². The molecule has 1 aliphatic rings. The predicted octanol–water partition coefficient (Wildman–Crippen LogP) is 4.21. The molecule has 2 aromatic heterocycles. The molecule has 1 N–H and O–H groups in total. The minimum atomic E-state index is -4.75. The van der Waals surface area contributed by atoms with Crippen molar-refractivity contribution in [2.75, 3.05) is 0 Å². The van der Waals surface area contributed by atoms with Gasteiger partial charge in [-0.15, -0.1) is 13.2 Å². The van der Waals surface area contributed by atoms with Crippen LogP contribution < -0.4 is 4.74 Å². The number of aryl methyl sites for hydroxylation is 1. The number of aromatic amines is 1. The summed E-state index contributed by atoms with van der Waals surface area (Å²) in [6, 6.07) is 5.55. The summed E-state index contributed by atoms with van der Waals surface area (Å²) in [5.41, 5.74) is 2.23. The number of hydrogen-bond acceptors (Lipinski definition) is 5. The van der Waals surface area contributed by atoms with Crippen molar-refractivity contribution in [3.8, 4) is 28.6 Å². The highest BCUT2D eigenvalue weighted by Crippen LogP contribution is 2.46. The number of oxazole rings is 1. The van der Waals surface area contributed by atoms with Crippen LogP contribution in [0.3, 0.4) is 0 Å². The van der Waals surface area contributed by atoms with Crippen LogP contribution in [0.1, 0.15) is 30.2 Å². The Kier molecular flexibility index (Phi) is 3.52. The molecular weight excluding hydrogens is 337 g/mol. The molecule has 0 unspecified atom stereocenters. The number of nitrogens with zero attached hydrogens (tertiary/aromatic N) is 3. The van der Waals surface area contributed by atoms with Gasteiger partial charge in [0.2, 0.25) is 5.89 Å². The van der Waals surface area contributed by atoms with E-state index in [-0.39, 0.29) is 17.6 Å². The van der Waals surface area contributed by atoms with Gasteiger partial charge in [0.1, 0.15) is 22.9 Å². The molecule has 4 rings (SSSR count). The molecule has 3 aromatic rings. The summed E-state index contributed by atoms with van der Waals surface area (Å²) in [7, 11) is 0. The van der Waals surface area contributed by atoms with Gasteiger partial charge in [0.15, 0.2) is 0 Å². The molecular formula is C16H13F3N4O2. The lowest BCUT2D eigenvalue weighted by Crippen LogP contribution is -2.17. The van der Waals surface area contributed by atoms with Gasteiger partial charge in [-0.1, -0.05) is 6.07 Å². The number of halogens is 3. The zero-order chi connectivity index (χ0) is 17.6. The summed E-state index contributed by atoms with van der Waals surface area (Å²) in [6.45, 7) is 1.79. The third-order valence-corrected chi connectivity index (χ3v) is 3.86. The second-order valence-corrected chi connectivity index (χ2v) is 5.84. The normalized spacial score (nSPS) is 14.7. The summed E-state index contributed by atoms with van der Waals surface area (Å²) in [5.74, 6) is 0.846. The first-order valence-electron chi connectivity index (χ1n) is 7.65. The van der Waals surface area contributed by atoms with Gasteiger partial charge in [0, 0.05) is 11.5 Å². The average Bonchev–Trinajstić information content (AvgIpc) is 3.14. The number of nitrogens with one attached hydrogen (secondary N) is 1. The molecule has 6 nitrogen and oxygen atoms in total. The van der Waals surface area contributed by atoms with Crippen LogP contribution in [0.25, 0.3) is 22.8 Å². The van der Waals surface area contributed by atoms with Crippen LogP contribution in [-0.4, -0.2) is 26.8 Å². The molecule has 1 aliphatic carbocycles. The molecule has 0 aliphatic heterocycles. The maximum Gasteiger partial charge on any atom is 0.573 e. The third-order valence-electron chi connectivity index (χ3n) is 3.86. The number of H-pyrrole nitrogens is 1. The van der Waals surface area contributed by atoms with E-state index in [9.17, 15) is 13.2 Å². The van der Waals surface area contributed by atoms with Crippen LogP contribution in [-0.2, 0) is 0 Å². The average molecular weight is 350 g/mol. The Bertz CT molecular complexity index is 912. The first-order valence-corrected chi connectivity index (χ1v) is 7.65. The second-order valence-electron chi connectivity index (χ2n) is 5.84. The molecule has 1 aromatic carbocycles. The monoisotopic (exact) mass is 350 g/mol. The fourth-order valence-corrected chi connectivity index (χ4v) is 2.58. The second kappa shape index (κ2) is 5.61. The molecule has 25 heavy (non-hydrogen) atoms. The quantitative estimate of drug-likeness (QED) is 0.763. The van der Waals surface area contributed by atoms with Crippen molar-refractivity contribution in [2.24, 2.45) is 0 Å². The molecule has 1 fully saturated rings. The zero-order valence-electron chi connectivity index (χ0n) is 13.1. The molecule has 0 atom stereocenters. The van der Waals surface area contributed by atoms with E-state index in [0.717, 1.165) is 12.8 Å². The molecule has 0 bridgehead atoms.